The van der Waals surface area contributed by atoms with E-state index in [2.05, 4.69) is 5.32 Å². The number of amides is 1. The van der Waals surface area contributed by atoms with Crippen LogP contribution in [0, 0.1) is 0 Å². The van der Waals surface area contributed by atoms with Gasteiger partial charge < -0.3 is 10.1 Å². The van der Waals surface area contributed by atoms with Crippen molar-refractivity contribution < 1.29 is 14.3 Å². The number of anilines is 1. The Bertz CT molecular complexity index is 1180. The van der Waals surface area contributed by atoms with E-state index in [1.54, 1.807) is 34.9 Å². The summed E-state index contributed by atoms with van der Waals surface area (Å²) in [4.78, 5) is 42.4. The largest absolute Gasteiger partial charge is 0.465 e. The highest BCUT2D eigenvalue weighted by atomic mass is 32.2. The first kappa shape index (κ1) is 21.1. The summed E-state index contributed by atoms with van der Waals surface area (Å²) in [5.74, 6) is -0.746. The van der Waals surface area contributed by atoms with Crippen molar-refractivity contribution in [2.45, 2.75) is 36.9 Å². The van der Waals surface area contributed by atoms with Crippen molar-refractivity contribution in [1.82, 2.24) is 9.55 Å². The Kier molecular flexibility index (Phi) is 6.36. The highest BCUT2D eigenvalue weighted by Gasteiger charge is 2.23. The molecule has 31 heavy (non-hydrogen) atoms. The Balaban J connectivity index is 1.58. The molecule has 0 saturated heterocycles. The molecule has 3 aromatic rings. The quantitative estimate of drug-likeness (QED) is 0.356. The normalized spacial score (nSPS) is 14.0. The van der Waals surface area contributed by atoms with Crippen LogP contribution in [0.2, 0.25) is 0 Å². The van der Waals surface area contributed by atoms with Gasteiger partial charge in [-0.25, -0.2) is 9.78 Å². The lowest BCUT2D eigenvalue weighted by molar-refractivity contribution is -0.113. The molecule has 1 amide bonds. The summed E-state index contributed by atoms with van der Waals surface area (Å²) in [6.07, 6.45) is 4.04. The Labute approximate surface area is 183 Å². The minimum Gasteiger partial charge on any atom is -0.465 e. The number of para-hydroxylation sites is 2. The zero-order chi connectivity index (χ0) is 21.8. The third-order valence-corrected chi connectivity index (χ3v) is 6.36. The average Bonchev–Trinajstić information content (AvgIpc) is 3.32. The summed E-state index contributed by atoms with van der Waals surface area (Å²) in [6, 6.07) is 14.1. The highest BCUT2D eigenvalue weighted by molar-refractivity contribution is 7.99. The van der Waals surface area contributed by atoms with E-state index in [4.69, 9.17) is 9.72 Å². The molecule has 0 spiro atoms. The maximum Gasteiger partial charge on any atom is 0.339 e. The number of esters is 1. The Hall–Kier alpha value is -3.13. The summed E-state index contributed by atoms with van der Waals surface area (Å²) in [7, 11) is 1.30. The van der Waals surface area contributed by atoms with E-state index in [1.807, 2.05) is 18.2 Å². The van der Waals surface area contributed by atoms with Gasteiger partial charge in [-0.2, -0.15) is 0 Å². The fourth-order valence-electron chi connectivity index (χ4n) is 3.91. The van der Waals surface area contributed by atoms with Crippen molar-refractivity contribution in [1.29, 1.82) is 0 Å². The van der Waals surface area contributed by atoms with E-state index >= 15 is 0 Å². The molecule has 2 aromatic carbocycles. The molecular weight excluding hydrogens is 414 g/mol. The summed E-state index contributed by atoms with van der Waals surface area (Å²) in [5.41, 5.74) is 1.24. The third kappa shape index (κ3) is 4.49. The van der Waals surface area contributed by atoms with E-state index in [-0.39, 0.29) is 28.8 Å². The van der Waals surface area contributed by atoms with Gasteiger partial charge in [0.1, 0.15) is 0 Å². The minimum atomic E-state index is -0.519. The molecule has 1 aromatic heterocycles. The molecule has 8 heteroatoms. The van der Waals surface area contributed by atoms with Crippen molar-refractivity contribution in [2.75, 3.05) is 18.2 Å². The van der Waals surface area contributed by atoms with Gasteiger partial charge in [0.2, 0.25) is 5.91 Å². The first-order chi connectivity index (χ1) is 15.1. The number of ether oxygens (including phenoxy) is 1. The van der Waals surface area contributed by atoms with Crippen LogP contribution in [-0.2, 0) is 9.53 Å². The molecule has 0 atom stereocenters. The minimum absolute atomic E-state index is 0.0588. The topological polar surface area (TPSA) is 90.3 Å². The molecule has 160 valence electrons. The Morgan fingerprint density at radius 1 is 1.13 bits per heavy atom. The SMILES string of the molecule is COC(=O)c1ccccc1NC(=O)CSc1nc2ccccc2c(=O)n1C1CCCC1. The van der Waals surface area contributed by atoms with Crippen LogP contribution >= 0.6 is 11.8 Å². The van der Waals surface area contributed by atoms with Gasteiger partial charge >= 0.3 is 5.97 Å². The number of benzene rings is 2. The van der Waals surface area contributed by atoms with Crippen LogP contribution in [0.3, 0.4) is 0 Å². The standard InChI is InChI=1S/C23H23N3O4S/c1-30-22(29)17-11-5-7-13-19(17)24-20(27)14-31-23-25-18-12-6-4-10-16(18)21(28)26(23)15-8-2-3-9-15/h4-7,10-13,15H,2-3,8-9,14H2,1H3,(H,24,27). The number of nitrogens with one attached hydrogen (secondary N) is 1. The van der Waals surface area contributed by atoms with Crippen molar-refractivity contribution >= 4 is 40.2 Å². The number of nitrogens with zero attached hydrogens (tertiary/aromatic N) is 2. The van der Waals surface area contributed by atoms with Gasteiger partial charge in [0.25, 0.3) is 5.56 Å². The molecule has 1 N–H and O–H groups in total. The number of hydrogen-bond acceptors (Lipinski definition) is 6. The maximum atomic E-state index is 13.2. The van der Waals surface area contributed by atoms with Crippen molar-refractivity contribution in [2.24, 2.45) is 0 Å². The molecule has 1 aliphatic rings. The predicted octanol–water partition coefficient (Wildman–Crippen LogP) is 4.03. The van der Waals surface area contributed by atoms with E-state index in [1.165, 1.54) is 18.9 Å². The fourth-order valence-corrected chi connectivity index (χ4v) is 4.77. The molecule has 0 aliphatic heterocycles. The second-order valence-electron chi connectivity index (χ2n) is 7.40. The maximum absolute atomic E-state index is 13.2. The van der Waals surface area contributed by atoms with E-state index in [0.29, 0.717) is 21.7 Å². The number of fused-ring (bicyclic) bond motifs is 1. The van der Waals surface area contributed by atoms with Crippen LogP contribution in [0.1, 0.15) is 42.1 Å². The number of aromatic nitrogens is 2. The summed E-state index contributed by atoms with van der Waals surface area (Å²) in [6.45, 7) is 0. The monoisotopic (exact) mass is 437 g/mol. The molecule has 1 heterocycles. The van der Waals surface area contributed by atoms with Gasteiger partial charge in [-0.1, -0.05) is 48.9 Å². The van der Waals surface area contributed by atoms with Crippen LogP contribution in [0.25, 0.3) is 10.9 Å². The number of thioether (sulfide) groups is 1. The number of methoxy groups -OCH3 is 1. The molecular formula is C23H23N3O4S. The lowest BCUT2D eigenvalue weighted by Crippen LogP contribution is -2.27. The number of carbonyl (C=O) groups is 2. The zero-order valence-electron chi connectivity index (χ0n) is 17.2. The number of hydrogen-bond donors (Lipinski definition) is 1. The van der Waals surface area contributed by atoms with Crippen LogP contribution in [0.4, 0.5) is 5.69 Å². The fraction of sp³-hybridized carbons (Fsp3) is 0.304. The summed E-state index contributed by atoms with van der Waals surface area (Å²) >= 11 is 1.23. The van der Waals surface area contributed by atoms with Crippen LogP contribution in [-0.4, -0.2) is 34.3 Å². The first-order valence-corrected chi connectivity index (χ1v) is 11.2. The van der Waals surface area contributed by atoms with E-state index < -0.39 is 5.97 Å². The zero-order valence-corrected chi connectivity index (χ0v) is 18.0. The lowest BCUT2D eigenvalue weighted by atomic mass is 10.2. The van der Waals surface area contributed by atoms with E-state index in [0.717, 1.165) is 25.7 Å². The molecule has 0 radical (unpaired) electrons. The summed E-state index contributed by atoms with van der Waals surface area (Å²) < 4.78 is 6.53. The van der Waals surface area contributed by atoms with Crippen molar-refractivity contribution in [3.8, 4) is 0 Å². The Morgan fingerprint density at radius 2 is 1.84 bits per heavy atom. The molecule has 1 aliphatic carbocycles. The molecule has 0 unspecified atom stereocenters. The lowest BCUT2D eigenvalue weighted by Gasteiger charge is -2.18. The smallest absolute Gasteiger partial charge is 0.339 e. The Morgan fingerprint density at radius 3 is 2.61 bits per heavy atom. The molecule has 1 saturated carbocycles. The van der Waals surface area contributed by atoms with Gasteiger partial charge in [0, 0.05) is 6.04 Å². The van der Waals surface area contributed by atoms with Gasteiger partial charge in [-0.3, -0.25) is 14.2 Å². The number of rotatable bonds is 6. The number of carbonyl (C=O) groups excluding carboxylic acids is 2. The van der Waals surface area contributed by atoms with Crippen molar-refractivity contribution in [3.05, 3.63) is 64.4 Å². The second-order valence-corrected chi connectivity index (χ2v) is 8.34. The predicted molar refractivity (Wildman–Crippen MR) is 121 cm³/mol. The van der Waals surface area contributed by atoms with Gasteiger partial charge in [-0.15, -0.1) is 0 Å². The van der Waals surface area contributed by atoms with Crippen molar-refractivity contribution in [3.63, 3.8) is 0 Å². The molecule has 4 rings (SSSR count). The third-order valence-electron chi connectivity index (χ3n) is 5.40. The average molecular weight is 438 g/mol. The van der Waals surface area contributed by atoms with Gasteiger partial charge in [0.05, 0.1) is 35.0 Å². The second kappa shape index (κ2) is 9.34. The summed E-state index contributed by atoms with van der Waals surface area (Å²) in [5, 5.41) is 3.90. The highest BCUT2D eigenvalue weighted by Crippen LogP contribution is 2.32. The van der Waals surface area contributed by atoms with Crippen LogP contribution < -0.4 is 10.9 Å². The molecule has 1 fully saturated rings. The van der Waals surface area contributed by atoms with Gasteiger partial charge in [0.15, 0.2) is 5.16 Å². The van der Waals surface area contributed by atoms with Gasteiger partial charge in [-0.05, 0) is 37.1 Å². The van der Waals surface area contributed by atoms with E-state index in [9.17, 15) is 14.4 Å². The first-order valence-electron chi connectivity index (χ1n) is 10.2. The van der Waals surface area contributed by atoms with Crippen LogP contribution in [0.5, 0.6) is 0 Å². The molecule has 7 nitrogen and oxygen atoms in total. The van der Waals surface area contributed by atoms with Crippen LogP contribution in [0.15, 0.2) is 58.5 Å². The molecule has 0 bridgehead atoms.